The summed E-state index contributed by atoms with van der Waals surface area (Å²) in [6.45, 7) is 4.53. The van der Waals surface area contributed by atoms with Gasteiger partial charge in [0.25, 0.3) is 5.91 Å². The summed E-state index contributed by atoms with van der Waals surface area (Å²) in [5, 5.41) is 3.97. The van der Waals surface area contributed by atoms with Crippen molar-refractivity contribution in [2.45, 2.75) is 69.7 Å². The minimum Gasteiger partial charge on any atom is -0.348 e. The summed E-state index contributed by atoms with van der Waals surface area (Å²) < 4.78 is 28.9. The number of sulfonamides is 1. The third-order valence-electron chi connectivity index (χ3n) is 6.03. The fourth-order valence-corrected chi connectivity index (χ4v) is 5.77. The van der Waals surface area contributed by atoms with E-state index >= 15 is 0 Å². The molecule has 2 aromatic rings. The summed E-state index contributed by atoms with van der Waals surface area (Å²) in [6.07, 6.45) is 8.15. The molecule has 1 aromatic heterocycles. The molecule has 1 N–H and O–H groups in total. The number of nitrogens with zero attached hydrogens (tertiary/aromatic N) is 2. The fraction of sp³-hybridized carbons (Fsp3) is 0.591. The average Bonchev–Trinajstić information content (AvgIpc) is 3.01. The molecule has 29 heavy (non-hydrogen) atoms. The van der Waals surface area contributed by atoms with E-state index in [1.54, 1.807) is 24.3 Å². The van der Waals surface area contributed by atoms with Crippen LogP contribution in [-0.4, -0.2) is 42.3 Å². The number of carbonyl (C=O) groups excluding carboxylic acids is 1. The average molecular weight is 420 g/mol. The lowest BCUT2D eigenvalue weighted by Gasteiger charge is -2.21. The summed E-state index contributed by atoms with van der Waals surface area (Å²) in [6, 6.07) is 7.12. The highest BCUT2D eigenvalue weighted by Gasteiger charge is 2.23. The lowest BCUT2D eigenvalue weighted by Crippen LogP contribution is -2.36. The van der Waals surface area contributed by atoms with Crippen LogP contribution in [0.25, 0.3) is 10.9 Å². The Balaban J connectivity index is 1.86. The van der Waals surface area contributed by atoms with Crippen molar-refractivity contribution in [2.24, 2.45) is 7.05 Å². The maximum absolute atomic E-state index is 12.9. The number of hydrogen-bond donors (Lipinski definition) is 1. The second kappa shape index (κ2) is 9.30. The molecule has 1 aliphatic rings. The zero-order valence-electron chi connectivity index (χ0n) is 17.8. The molecule has 0 spiro atoms. The molecule has 1 aromatic carbocycles. The van der Waals surface area contributed by atoms with E-state index in [0.29, 0.717) is 18.8 Å². The highest BCUT2D eigenvalue weighted by atomic mass is 32.2. The van der Waals surface area contributed by atoms with E-state index in [-0.39, 0.29) is 16.8 Å². The monoisotopic (exact) mass is 419 g/mol. The highest BCUT2D eigenvalue weighted by molar-refractivity contribution is 7.89. The van der Waals surface area contributed by atoms with E-state index in [4.69, 9.17) is 0 Å². The molecule has 160 valence electrons. The summed E-state index contributed by atoms with van der Waals surface area (Å²) in [5.74, 6) is -0.0811. The van der Waals surface area contributed by atoms with Gasteiger partial charge in [0, 0.05) is 37.1 Å². The Morgan fingerprint density at radius 1 is 1.07 bits per heavy atom. The topological polar surface area (TPSA) is 71.4 Å². The number of nitrogens with one attached hydrogen (secondary N) is 1. The Morgan fingerprint density at radius 3 is 2.31 bits per heavy atom. The van der Waals surface area contributed by atoms with Crippen LogP contribution in [0.2, 0.25) is 0 Å². The number of aromatic nitrogens is 1. The van der Waals surface area contributed by atoms with E-state index < -0.39 is 10.0 Å². The normalized spacial score (nSPS) is 16.7. The van der Waals surface area contributed by atoms with Gasteiger partial charge in [0.1, 0.15) is 5.69 Å². The van der Waals surface area contributed by atoms with E-state index in [0.717, 1.165) is 36.6 Å². The van der Waals surface area contributed by atoms with E-state index in [1.807, 2.05) is 25.5 Å². The van der Waals surface area contributed by atoms with Gasteiger partial charge < -0.3 is 9.88 Å². The van der Waals surface area contributed by atoms with Gasteiger partial charge in [0.2, 0.25) is 10.0 Å². The first-order chi connectivity index (χ1) is 13.9. The number of rotatable bonds is 6. The molecule has 6 nitrogen and oxygen atoms in total. The highest BCUT2D eigenvalue weighted by Crippen LogP contribution is 2.25. The Hall–Kier alpha value is -1.86. The van der Waals surface area contributed by atoms with Crippen molar-refractivity contribution in [3.05, 3.63) is 30.0 Å². The van der Waals surface area contributed by atoms with Crippen LogP contribution in [0, 0.1) is 0 Å². The lowest BCUT2D eigenvalue weighted by molar-refractivity contribution is 0.0922. The van der Waals surface area contributed by atoms with Crippen LogP contribution < -0.4 is 5.32 Å². The van der Waals surface area contributed by atoms with Gasteiger partial charge in [-0.25, -0.2) is 8.42 Å². The predicted octanol–water partition coefficient (Wildman–Crippen LogP) is 4.05. The minimum absolute atomic E-state index is 0.0811. The molecule has 0 unspecified atom stereocenters. The Bertz CT molecular complexity index is 953. The standard InChI is InChI=1S/C22H33N3O3S/c1-4-25(5-2)29(27,28)19-13-14-20-17(15-19)16-21(24(20)3)22(26)23-18-11-9-7-6-8-10-12-18/h13-16,18H,4-12H2,1-3H3,(H,23,26). The van der Waals surface area contributed by atoms with Crippen LogP contribution in [0.15, 0.2) is 29.2 Å². The molecule has 0 radical (unpaired) electrons. The summed E-state index contributed by atoms with van der Waals surface area (Å²) >= 11 is 0. The molecular formula is C22H33N3O3S. The largest absolute Gasteiger partial charge is 0.348 e. The van der Waals surface area contributed by atoms with Crippen LogP contribution in [0.1, 0.15) is 69.3 Å². The third-order valence-corrected chi connectivity index (χ3v) is 8.08. The van der Waals surface area contributed by atoms with E-state index in [2.05, 4.69) is 5.32 Å². The maximum atomic E-state index is 12.9. The Labute approximate surface area is 174 Å². The van der Waals surface area contributed by atoms with Crippen molar-refractivity contribution in [3.63, 3.8) is 0 Å². The summed E-state index contributed by atoms with van der Waals surface area (Å²) in [7, 11) is -1.67. The SMILES string of the molecule is CCN(CC)S(=O)(=O)c1ccc2c(c1)cc(C(=O)NC1CCCCCCC1)n2C. The number of benzene rings is 1. The molecule has 0 saturated heterocycles. The van der Waals surface area contributed by atoms with E-state index in [1.165, 1.54) is 23.6 Å². The minimum atomic E-state index is -3.52. The van der Waals surface area contributed by atoms with Gasteiger partial charge in [0.15, 0.2) is 0 Å². The third kappa shape index (κ3) is 4.67. The van der Waals surface area contributed by atoms with Gasteiger partial charge in [-0.3, -0.25) is 4.79 Å². The number of carbonyl (C=O) groups is 1. The fourth-order valence-electron chi connectivity index (χ4n) is 4.28. The molecule has 1 aliphatic carbocycles. The number of hydrogen-bond acceptors (Lipinski definition) is 3. The molecule has 1 amide bonds. The van der Waals surface area contributed by atoms with E-state index in [9.17, 15) is 13.2 Å². The number of fused-ring (bicyclic) bond motifs is 1. The molecule has 0 bridgehead atoms. The zero-order chi connectivity index (χ0) is 21.0. The zero-order valence-corrected chi connectivity index (χ0v) is 18.6. The van der Waals surface area contributed by atoms with Crippen LogP contribution >= 0.6 is 0 Å². The van der Waals surface area contributed by atoms with Gasteiger partial charge in [-0.2, -0.15) is 4.31 Å². The molecule has 1 heterocycles. The van der Waals surface area contributed by atoms with Crippen LogP contribution in [0.3, 0.4) is 0 Å². The summed E-state index contributed by atoms with van der Waals surface area (Å²) in [5.41, 5.74) is 1.42. The lowest BCUT2D eigenvalue weighted by atomic mass is 9.96. The quantitative estimate of drug-likeness (QED) is 0.768. The molecule has 3 rings (SSSR count). The van der Waals surface area contributed by atoms with Crippen molar-refractivity contribution in [1.82, 2.24) is 14.2 Å². The van der Waals surface area contributed by atoms with Crippen molar-refractivity contribution >= 4 is 26.8 Å². The Morgan fingerprint density at radius 2 is 1.69 bits per heavy atom. The summed E-state index contributed by atoms with van der Waals surface area (Å²) in [4.78, 5) is 13.2. The first-order valence-corrected chi connectivity index (χ1v) is 12.2. The van der Waals surface area contributed by atoms with Crippen LogP contribution in [-0.2, 0) is 17.1 Å². The molecule has 7 heteroatoms. The Kier molecular flexibility index (Phi) is 7.01. The van der Waals surface area contributed by atoms with Crippen molar-refractivity contribution in [3.8, 4) is 0 Å². The van der Waals surface area contributed by atoms with Crippen molar-refractivity contribution in [1.29, 1.82) is 0 Å². The van der Waals surface area contributed by atoms with Gasteiger partial charge in [-0.15, -0.1) is 0 Å². The molecule has 0 aliphatic heterocycles. The van der Waals surface area contributed by atoms with Crippen LogP contribution in [0.5, 0.6) is 0 Å². The second-order valence-corrected chi connectivity index (χ2v) is 9.85. The first kappa shape index (κ1) is 21.8. The molecule has 1 fully saturated rings. The predicted molar refractivity (Wildman–Crippen MR) is 117 cm³/mol. The second-order valence-electron chi connectivity index (χ2n) is 7.91. The first-order valence-electron chi connectivity index (χ1n) is 10.8. The van der Waals surface area contributed by atoms with Gasteiger partial charge in [-0.05, 0) is 37.1 Å². The molecule has 1 saturated carbocycles. The van der Waals surface area contributed by atoms with Gasteiger partial charge in [-0.1, -0.05) is 46.0 Å². The van der Waals surface area contributed by atoms with Crippen LogP contribution in [0.4, 0.5) is 0 Å². The maximum Gasteiger partial charge on any atom is 0.268 e. The number of aryl methyl sites for hydroxylation is 1. The molecule has 0 atom stereocenters. The smallest absolute Gasteiger partial charge is 0.268 e. The van der Waals surface area contributed by atoms with Crippen molar-refractivity contribution < 1.29 is 13.2 Å². The van der Waals surface area contributed by atoms with Gasteiger partial charge >= 0.3 is 0 Å². The number of amides is 1. The van der Waals surface area contributed by atoms with Crippen molar-refractivity contribution in [2.75, 3.05) is 13.1 Å². The van der Waals surface area contributed by atoms with Gasteiger partial charge in [0.05, 0.1) is 4.90 Å². The molecular weight excluding hydrogens is 386 g/mol.